The van der Waals surface area contributed by atoms with E-state index in [1.54, 1.807) is 0 Å². The number of rotatable bonds is 2. The molecule has 2 nitrogen and oxygen atoms in total. The number of benzene rings is 2. The van der Waals surface area contributed by atoms with Crippen molar-refractivity contribution in [2.24, 2.45) is 0 Å². The summed E-state index contributed by atoms with van der Waals surface area (Å²) >= 11 is 0. The average Bonchev–Trinajstić information content (AvgIpc) is 2.26. The molecule has 0 fully saturated rings. The molecule has 0 saturated carbocycles. The molecule has 0 unspecified atom stereocenters. The predicted molar refractivity (Wildman–Crippen MR) is 68.7 cm³/mol. The SMILES string of the molecule is CC(=O)OC(C)(C)c1cccc2ccccc12. The van der Waals surface area contributed by atoms with Gasteiger partial charge in [0.15, 0.2) is 0 Å². The van der Waals surface area contributed by atoms with E-state index in [9.17, 15) is 4.79 Å². The number of esters is 1. The molecule has 0 aliphatic heterocycles. The van der Waals surface area contributed by atoms with Crippen LogP contribution >= 0.6 is 0 Å². The van der Waals surface area contributed by atoms with E-state index >= 15 is 0 Å². The second-order valence-electron chi connectivity index (χ2n) is 4.63. The van der Waals surface area contributed by atoms with Crippen LogP contribution in [-0.2, 0) is 15.1 Å². The van der Waals surface area contributed by atoms with Crippen molar-refractivity contribution >= 4 is 16.7 Å². The smallest absolute Gasteiger partial charge is 0.303 e. The zero-order chi connectivity index (χ0) is 12.5. The summed E-state index contributed by atoms with van der Waals surface area (Å²) in [6, 6.07) is 14.2. The second kappa shape index (κ2) is 4.21. The Bertz CT molecular complexity index is 550. The van der Waals surface area contributed by atoms with Crippen LogP contribution in [0.4, 0.5) is 0 Å². The molecule has 0 atom stereocenters. The number of fused-ring (bicyclic) bond motifs is 1. The second-order valence-corrected chi connectivity index (χ2v) is 4.63. The van der Waals surface area contributed by atoms with Crippen LogP contribution in [0.5, 0.6) is 0 Å². The van der Waals surface area contributed by atoms with E-state index in [0.29, 0.717) is 0 Å². The molecular weight excluding hydrogens is 212 g/mol. The third-order valence-corrected chi connectivity index (χ3v) is 2.84. The lowest BCUT2D eigenvalue weighted by molar-refractivity contribution is -0.154. The molecule has 0 aromatic heterocycles. The minimum atomic E-state index is -0.604. The zero-order valence-electron chi connectivity index (χ0n) is 10.4. The highest BCUT2D eigenvalue weighted by Gasteiger charge is 2.25. The predicted octanol–water partition coefficient (Wildman–Crippen LogP) is 3.64. The van der Waals surface area contributed by atoms with Crippen LogP contribution in [0, 0.1) is 0 Å². The Morgan fingerprint density at radius 2 is 1.71 bits per heavy atom. The summed E-state index contributed by atoms with van der Waals surface area (Å²) in [6.07, 6.45) is 0. The van der Waals surface area contributed by atoms with Crippen molar-refractivity contribution in [3.8, 4) is 0 Å². The van der Waals surface area contributed by atoms with E-state index in [1.807, 2.05) is 38.1 Å². The lowest BCUT2D eigenvalue weighted by Crippen LogP contribution is -2.24. The summed E-state index contributed by atoms with van der Waals surface area (Å²) < 4.78 is 5.39. The molecule has 2 rings (SSSR count). The zero-order valence-corrected chi connectivity index (χ0v) is 10.4. The maximum Gasteiger partial charge on any atom is 0.303 e. The van der Waals surface area contributed by atoms with Crippen LogP contribution in [0.3, 0.4) is 0 Å². The van der Waals surface area contributed by atoms with Crippen molar-refractivity contribution in [1.82, 2.24) is 0 Å². The van der Waals surface area contributed by atoms with E-state index < -0.39 is 5.60 Å². The van der Waals surface area contributed by atoms with Crippen LogP contribution in [0.1, 0.15) is 26.3 Å². The van der Waals surface area contributed by atoms with Gasteiger partial charge < -0.3 is 4.74 Å². The molecule has 0 saturated heterocycles. The molecule has 2 aromatic carbocycles. The number of carbonyl (C=O) groups excluding carboxylic acids is 1. The Kier molecular flexibility index (Phi) is 2.88. The van der Waals surface area contributed by atoms with E-state index in [4.69, 9.17) is 4.74 Å². The maximum absolute atomic E-state index is 11.1. The van der Waals surface area contributed by atoms with Gasteiger partial charge in [0.25, 0.3) is 0 Å². The van der Waals surface area contributed by atoms with Gasteiger partial charge in [-0.15, -0.1) is 0 Å². The van der Waals surface area contributed by atoms with Gasteiger partial charge in [0.1, 0.15) is 5.60 Å². The highest BCUT2D eigenvalue weighted by atomic mass is 16.6. The van der Waals surface area contributed by atoms with Gasteiger partial charge in [0.2, 0.25) is 0 Å². The molecule has 88 valence electrons. The first kappa shape index (κ1) is 11.6. The molecule has 0 N–H and O–H groups in total. The first-order valence-electron chi connectivity index (χ1n) is 5.68. The van der Waals surface area contributed by atoms with Crippen LogP contribution < -0.4 is 0 Å². The molecule has 0 spiro atoms. The Morgan fingerprint density at radius 1 is 1.06 bits per heavy atom. The summed E-state index contributed by atoms with van der Waals surface area (Å²) in [5.41, 5.74) is 0.429. The largest absolute Gasteiger partial charge is 0.455 e. The number of hydrogen-bond donors (Lipinski definition) is 0. The van der Waals surface area contributed by atoms with Gasteiger partial charge in [-0.1, -0.05) is 42.5 Å². The Morgan fingerprint density at radius 3 is 2.41 bits per heavy atom. The third kappa shape index (κ3) is 2.31. The maximum atomic E-state index is 11.1. The van der Waals surface area contributed by atoms with Crippen LogP contribution in [0.15, 0.2) is 42.5 Å². The summed E-state index contributed by atoms with van der Waals surface area (Å²) in [5.74, 6) is -0.261. The van der Waals surface area contributed by atoms with Crippen molar-refractivity contribution in [1.29, 1.82) is 0 Å². The highest BCUT2D eigenvalue weighted by molar-refractivity contribution is 5.86. The molecular formula is C15H16O2. The molecule has 0 heterocycles. The topological polar surface area (TPSA) is 26.3 Å². The first-order chi connectivity index (χ1) is 8.00. The Labute approximate surface area is 101 Å². The molecule has 0 aliphatic rings. The lowest BCUT2D eigenvalue weighted by atomic mass is 9.92. The standard InChI is InChI=1S/C15H16O2/c1-11(16)17-15(2,3)14-10-6-8-12-7-4-5-9-13(12)14/h4-10H,1-3H3. The monoisotopic (exact) mass is 228 g/mol. The number of carbonyl (C=O) groups is 1. The van der Waals surface area contributed by atoms with Crippen LogP contribution in [0.25, 0.3) is 10.8 Å². The molecule has 0 aliphatic carbocycles. The molecule has 0 amide bonds. The Hall–Kier alpha value is -1.83. The minimum Gasteiger partial charge on any atom is -0.455 e. The number of hydrogen-bond acceptors (Lipinski definition) is 2. The van der Waals surface area contributed by atoms with Crippen LogP contribution in [0.2, 0.25) is 0 Å². The van der Waals surface area contributed by atoms with Crippen LogP contribution in [-0.4, -0.2) is 5.97 Å². The Balaban J connectivity index is 2.58. The summed E-state index contributed by atoms with van der Waals surface area (Å²) in [6.45, 7) is 5.26. The quantitative estimate of drug-likeness (QED) is 0.733. The first-order valence-corrected chi connectivity index (χ1v) is 5.68. The van der Waals surface area contributed by atoms with Gasteiger partial charge in [-0.2, -0.15) is 0 Å². The molecule has 0 radical (unpaired) electrons. The fraction of sp³-hybridized carbons (Fsp3) is 0.267. The number of ether oxygens (including phenoxy) is 1. The molecule has 0 bridgehead atoms. The van der Waals surface area contributed by atoms with E-state index in [0.717, 1.165) is 16.3 Å². The normalized spacial score (nSPS) is 11.5. The van der Waals surface area contributed by atoms with E-state index in [1.165, 1.54) is 6.92 Å². The summed E-state index contributed by atoms with van der Waals surface area (Å²) in [4.78, 5) is 11.1. The van der Waals surface area contributed by atoms with E-state index in [-0.39, 0.29) is 5.97 Å². The average molecular weight is 228 g/mol. The van der Waals surface area contributed by atoms with Gasteiger partial charge in [-0.25, -0.2) is 0 Å². The molecule has 2 aromatic rings. The fourth-order valence-corrected chi connectivity index (χ4v) is 2.16. The van der Waals surface area contributed by atoms with Crippen molar-refractivity contribution in [3.63, 3.8) is 0 Å². The van der Waals surface area contributed by atoms with Gasteiger partial charge in [-0.05, 0) is 24.6 Å². The fourth-order valence-electron chi connectivity index (χ4n) is 2.16. The van der Waals surface area contributed by atoms with Gasteiger partial charge in [-0.3, -0.25) is 4.79 Å². The summed E-state index contributed by atoms with van der Waals surface area (Å²) in [7, 11) is 0. The van der Waals surface area contributed by atoms with Crippen molar-refractivity contribution in [2.75, 3.05) is 0 Å². The highest BCUT2D eigenvalue weighted by Crippen LogP contribution is 2.31. The third-order valence-electron chi connectivity index (χ3n) is 2.84. The summed E-state index contributed by atoms with van der Waals surface area (Å²) in [5, 5.41) is 2.28. The van der Waals surface area contributed by atoms with Crippen molar-refractivity contribution in [3.05, 3.63) is 48.0 Å². The van der Waals surface area contributed by atoms with Crippen molar-refractivity contribution in [2.45, 2.75) is 26.4 Å². The molecule has 17 heavy (non-hydrogen) atoms. The van der Waals surface area contributed by atoms with Gasteiger partial charge >= 0.3 is 5.97 Å². The van der Waals surface area contributed by atoms with Gasteiger partial charge in [0.05, 0.1) is 0 Å². The minimum absolute atomic E-state index is 0.261. The molecule has 2 heteroatoms. The van der Waals surface area contributed by atoms with E-state index in [2.05, 4.69) is 18.2 Å². The lowest BCUT2D eigenvalue weighted by Gasteiger charge is -2.26. The van der Waals surface area contributed by atoms with Crippen molar-refractivity contribution < 1.29 is 9.53 Å². The van der Waals surface area contributed by atoms with Gasteiger partial charge in [0, 0.05) is 12.5 Å².